The maximum absolute atomic E-state index is 10.8. The number of nitrogens with zero attached hydrogens (tertiary/aromatic N) is 1. The maximum Gasteiger partial charge on any atom is 0.272 e. The van der Waals surface area contributed by atoms with Gasteiger partial charge in [-0.05, 0) is 43.7 Å². The first kappa shape index (κ1) is 15.3. The summed E-state index contributed by atoms with van der Waals surface area (Å²) in [5, 5.41) is 11.2. The normalized spacial score (nSPS) is 12.0. The van der Waals surface area contributed by atoms with Crippen molar-refractivity contribution in [2.24, 2.45) is 5.73 Å². The molecule has 0 bridgehead atoms. The van der Waals surface area contributed by atoms with Gasteiger partial charge in [-0.15, -0.1) is 0 Å². The van der Waals surface area contributed by atoms with Crippen LogP contribution in [0.1, 0.15) is 24.1 Å². The number of nitro benzene ring substituents is 1. The molecule has 1 atom stereocenters. The Labute approximate surface area is 127 Å². The van der Waals surface area contributed by atoms with E-state index in [1.165, 1.54) is 6.07 Å². The van der Waals surface area contributed by atoms with Gasteiger partial charge < -0.3 is 10.5 Å². The molecule has 21 heavy (non-hydrogen) atoms. The molecule has 2 aromatic carbocycles. The smallest absolute Gasteiger partial charge is 0.272 e. The summed E-state index contributed by atoms with van der Waals surface area (Å²) < 4.78 is 5.66. The lowest BCUT2D eigenvalue weighted by molar-refractivity contribution is -0.385. The number of ether oxygens (including phenoxy) is 1. The lowest BCUT2D eigenvalue weighted by Gasteiger charge is -2.11. The molecule has 0 fully saturated rings. The van der Waals surface area contributed by atoms with Gasteiger partial charge in [0.05, 0.1) is 9.95 Å². The molecule has 6 heteroatoms. The largest absolute Gasteiger partial charge is 0.456 e. The quantitative estimate of drug-likeness (QED) is 0.672. The van der Waals surface area contributed by atoms with E-state index in [1.54, 1.807) is 31.2 Å². The number of rotatable bonds is 4. The summed E-state index contributed by atoms with van der Waals surface area (Å²) in [4.78, 5) is 10.4. The minimum absolute atomic E-state index is 0.0563. The Morgan fingerprint density at radius 3 is 2.52 bits per heavy atom. The highest BCUT2D eigenvalue weighted by molar-refractivity contribution is 6.32. The molecule has 0 saturated carbocycles. The third kappa shape index (κ3) is 3.51. The van der Waals surface area contributed by atoms with Crippen LogP contribution in [-0.4, -0.2) is 4.92 Å². The number of nitro groups is 1. The van der Waals surface area contributed by atoms with Crippen molar-refractivity contribution in [1.82, 2.24) is 0 Å². The lowest BCUT2D eigenvalue weighted by Crippen LogP contribution is -2.04. The topological polar surface area (TPSA) is 78.4 Å². The molecule has 2 aromatic rings. The van der Waals surface area contributed by atoms with Gasteiger partial charge in [0.25, 0.3) is 5.69 Å². The van der Waals surface area contributed by atoms with Crippen molar-refractivity contribution in [2.45, 2.75) is 19.9 Å². The minimum atomic E-state index is -0.427. The molecular formula is C15H15ClN2O3. The number of hydrogen-bond donors (Lipinski definition) is 1. The van der Waals surface area contributed by atoms with Crippen molar-refractivity contribution < 1.29 is 9.66 Å². The van der Waals surface area contributed by atoms with Crippen molar-refractivity contribution >= 4 is 17.3 Å². The van der Waals surface area contributed by atoms with Gasteiger partial charge in [0.15, 0.2) is 0 Å². The molecule has 110 valence electrons. The van der Waals surface area contributed by atoms with Gasteiger partial charge in [-0.1, -0.05) is 17.7 Å². The number of benzene rings is 2. The van der Waals surface area contributed by atoms with Crippen molar-refractivity contribution in [2.75, 3.05) is 0 Å². The van der Waals surface area contributed by atoms with Gasteiger partial charge in [-0.2, -0.15) is 0 Å². The van der Waals surface area contributed by atoms with E-state index in [2.05, 4.69) is 0 Å². The highest BCUT2D eigenvalue weighted by Gasteiger charge is 2.12. The van der Waals surface area contributed by atoms with Crippen LogP contribution in [0.15, 0.2) is 36.4 Å². The third-order valence-corrected chi connectivity index (χ3v) is 3.37. The summed E-state index contributed by atoms with van der Waals surface area (Å²) in [6.07, 6.45) is 0. The van der Waals surface area contributed by atoms with Crippen LogP contribution in [0.3, 0.4) is 0 Å². The number of aryl methyl sites for hydroxylation is 1. The summed E-state index contributed by atoms with van der Waals surface area (Å²) >= 11 is 6.16. The van der Waals surface area contributed by atoms with Gasteiger partial charge in [-0.25, -0.2) is 0 Å². The zero-order chi connectivity index (χ0) is 15.6. The standard InChI is InChI=1S/C15H15ClN2O3/c1-9-7-12(4-5-14(9)18(19)20)21-15-6-3-11(10(2)17)8-13(15)16/h3-8,10H,17H2,1-2H3/t10-/m0/s1. The highest BCUT2D eigenvalue weighted by atomic mass is 35.5. The molecular weight excluding hydrogens is 292 g/mol. The average Bonchev–Trinajstić information content (AvgIpc) is 2.40. The number of hydrogen-bond acceptors (Lipinski definition) is 4. The molecule has 0 unspecified atom stereocenters. The van der Waals surface area contributed by atoms with Crippen LogP contribution in [-0.2, 0) is 0 Å². The molecule has 2 rings (SSSR count). The number of nitrogens with two attached hydrogens (primary N) is 1. The molecule has 0 aliphatic heterocycles. The molecule has 0 amide bonds. The van der Waals surface area contributed by atoms with E-state index in [1.807, 2.05) is 13.0 Å². The molecule has 2 N–H and O–H groups in total. The summed E-state index contributed by atoms with van der Waals surface area (Å²) in [6, 6.07) is 9.77. The zero-order valence-corrected chi connectivity index (χ0v) is 12.4. The fourth-order valence-electron chi connectivity index (χ4n) is 1.91. The third-order valence-electron chi connectivity index (χ3n) is 3.07. The summed E-state index contributed by atoms with van der Waals surface area (Å²) in [6.45, 7) is 3.53. The second-order valence-electron chi connectivity index (χ2n) is 4.79. The minimum Gasteiger partial charge on any atom is -0.456 e. The molecule has 0 aromatic heterocycles. The van der Waals surface area contributed by atoms with E-state index >= 15 is 0 Å². The summed E-state index contributed by atoms with van der Waals surface area (Å²) in [7, 11) is 0. The molecule has 0 spiro atoms. The van der Waals surface area contributed by atoms with Crippen LogP contribution >= 0.6 is 11.6 Å². The van der Waals surface area contributed by atoms with Crippen LogP contribution in [0.5, 0.6) is 11.5 Å². The Hall–Kier alpha value is -2.11. The van der Waals surface area contributed by atoms with E-state index in [9.17, 15) is 10.1 Å². The van der Waals surface area contributed by atoms with Crippen molar-refractivity contribution in [3.05, 3.63) is 62.7 Å². The summed E-state index contributed by atoms with van der Waals surface area (Å²) in [5.41, 5.74) is 7.28. The second kappa shape index (κ2) is 6.11. The van der Waals surface area contributed by atoms with Crippen molar-refractivity contribution in [3.63, 3.8) is 0 Å². The second-order valence-corrected chi connectivity index (χ2v) is 5.19. The van der Waals surface area contributed by atoms with Gasteiger partial charge in [-0.3, -0.25) is 10.1 Å². The molecule has 5 nitrogen and oxygen atoms in total. The van der Waals surface area contributed by atoms with E-state index < -0.39 is 4.92 Å². The van der Waals surface area contributed by atoms with E-state index in [-0.39, 0.29) is 11.7 Å². The monoisotopic (exact) mass is 306 g/mol. The molecule has 0 aliphatic carbocycles. The maximum atomic E-state index is 10.8. The lowest BCUT2D eigenvalue weighted by atomic mass is 10.1. The Morgan fingerprint density at radius 2 is 2.00 bits per heavy atom. The van der Waals surface area contributed by atoms with Crippen LogP contribution in [0, 0.1) is 17.0 Å². The van der Waals surface area contributed by atoms with Crippen molar-refractivity contribution in [1.29, 1.82) is 0 Å². The van der Waals surface area contributed by atoms with Crippen LogP contribution in [0.25, 0.3) is 0 Å². The molecule has 0 heterocycles. The van der Waals surface area contributed by atoms with E-state index in [0.29, 0.717) is 22.1 Å². The summed E-state index contributed by atoms with van der Waals surface area (Å²) in [5.74, 6) is 0.975. The van der Waals surface area contributed by atoms with Crippen LogP contribution in [0.4, 0.5) is 5.69 Å². The van der Waals surface area contributed by atoms with Gasteiger partial charge in [0.1, 0.15) is 11.5 Å². The zero-order valence-electron chi connectivity index (χ0n) is 11.7. The fraction of sp³-hybridized carbons (Fsp3) is 0.200. The van der Waals surface area contributed by atoms with Gasteiger partial charge in [0.2, 0.25) is 0 Å². The molecule has 0 radical (unpaired) electrons. The fourth-order valence-corrected chi connectivity index (χ4v) is 2.13. The van der Waals surface area contributed by atoms with Crippen LogP contribution < -0.4 is 10.5 Å². The number of halogens is 1. The Balaban J connectivity index is 2.26. The Morgan fingerprint density at radius 1 is 1.29 bits per heavy atom. The van der Waals surface area contributed by atoms with Gasteiger partial charge in [0, 0.05) is 17.7 Å². The van der Waals surface area contributed by atoms with E-state index in [0.717, 1.165) is 5.56 Å². The SMILES string of the molecule is Cc1cc(Oc2ccc([C@H](C)N)cc2Cl)ccc1[N+](=O)[O-]. The van der Waals surface area contributed by atoms with E-state index in [4.69, 9.17) is 22.1 Å². The van der Waals surface area contributed by atoms with Crippen molar-refractivity contribution in [3.8, 4) is 11.5 Å². The first-order valence-electron chi connectivity index (χ1n) is 6.36. The molecule has 0 aliphatic rings. The highest BCUT2D eigenvalue weighted by Crippen LogP contribution is 2.33. The Kier molecular flexibility index (Phi) is 4.45. The van der Waals surface area contributed by atoms with Crippen LogP contribution in [0.2, 0.25) is 5.02 Å². The predicted octanol–water partition coefficient (Wildman–Crippen LogP) is 4.37. The molecule has 0 saturated heterocycles. The first-order chi connectivity index (χ1) is 9.88. The predicted molar refractivity (Wildman–Crippen MR) is 82.0 cm³/mol. The first-order valence-corrected chi connectivity index (χ1v) is 6.74. The Bertz CT molecular complexity index is 687. The van der Waals surface area contributed by atoms with Gasteiger partial charge >= 0.3 is 0 Å². The average molecular weight is 307 g/mol.